The van der Waals surface area contributed by atoms with Crippen molar-refractivity contribution in [3.8, 4) is 17.1 Å². The standard InChI is InChI=1S/C21H14Cl2F4N6O3/c22-12-3-1-11(2-4-12)19-30-32(20(36)31(19)8-16(34)21(25,26)27)9-17-28-10-33(29-17)15-6-5-13(24)7-14(15)18(23)35/h1-7,10,16,34H,8-9H2/t16-/m0/s1. The Kier molecular flexibility index (Phi) is 6.98. The number of rotatable bonds is 7. The third-order valence-electron chi connectivity index (χ3n) is 5.01. The van der Waals surface area contributed by atoms with Gasteiger partial charge in [-0.05, 0) is 54.1 Å². The number of aromatic nitrogens is 6. The van der Waals surface area contributed by atoms with Crippen molar-refractivity contribution in [2.24, 2.45) is 0 Å². The van der Waals surface area contributed by atoms with E-state index in [0.717, 1.165) is 21.5 Å². The Bertz CT molecular complexity index is 1480. The van der Waals surface area contributed by atoms with Crippen LogP contribution in [0.15, 0.2) is 53.6 Å². The smallest absolute Gasteiger partial charge is 0.382 e. The lowest BCUT2D eigenvalue weighted by Crippen LogP contribution is -2.37. The number of hydrogen-bond donors (Lipinski definition) is 1. The number of halogens is 6. The lowest BCUT2D eigenvalue weighted by molar-refractivity contribution is -0.207. The molecule has 0 saturated carbocycles. The summed E-state index contributed by atoms with van der Waals surface area (Å²) in [6.07, 6.45) is -6.60. The molecule has 188 valence electrons. The molecule has 0 spiro atoms. The van der Waals surface area contributed by atoms with Gasteiger partial charge in [0.2, 0.25) is 0 Å². The highest BCUT2D eigenvalue weighted by molar-refractivity contribution is 6.68. The quantitative estimate of drug-likeness (QED) is 0.282. The van der Waals surface area contributed by atoms with Crippen LogP contribution < -0.4 is 5.69 Å². The summed E-state index contributed by atoms with van der Waals surface area (Å²) in [5.41, 5.74) is -0.749. The maximum Gasteiger partial charge on any atom is 0.416 e. The van der Waals surface area contributed by atoms with Crippen LogP contribution >= 0.6 is 23.2 Å². The van der Waals surface area contributed by atoms with Crippen LogP contribution in [0.5, 0.6) is 0 Å². The Balaban J connectivity index is 1.71. The largest absolute Gasteiger partial charge is 0.416 e. The molecule has 0 unspecified atom stereocenters. The molecule has 1 N–H and O–H groups in total. The van der Waals surface area contributed by atoms with Gasteiger partial charge in [-0.15, -0.1) is 10.2 Å². The highest BCUT2D eigenvalue weighted by Gasteiger charge is 2.39. The molecule has 0 aliphatic carbocycles. The van der Waals surface area contributed by atoms with Gasteiger partial charge in [-0.3, -0.25) is 9.36 Å². The van der Waals surface area contributed by atoms with Crippen LogP contribution in [0.4, 0.5) is 17.6 Å². The van der Waals surface area contributed by atoms with Crippen molar-refractivity contribution < 1.29 is 27.5 Å². The van der Waals surface area contributed by atoms with Gasteiger partial charge in [0.25, 0.3) is 5.24 Å². The average molecular weight is 545 g/mol. The summed E-state index contributed by atoms with van der Waals surface area (Å²) in [7, 11) is 0. The molecule has 36 heavy (non-hydrogen) atoms. The fourth-order valence-electron chi connectivity index (χ4n) is 3.28. The first-order valence-electron chi connectivity index (χ1n) is 10.0. The number of carbonyl (C=O) groups excluding carboxylic acids is 1. The van der Waals surface area contributed by atoms with Crippen LogP contribution in [0.25, 0.3) is 17.1 Å². The van der Waals surface area contributed by atoms with Crippen molar-refractivity contribution in [2.45, 2.75) is 25.4 Å². The molecule has 0 radical (unpaired) electrons. The van der Waals surface area contributed by atoms with Gasteiger partial charge >= 0.3 is 11.9 Å². The molecule has 0 amide bonds. The summed E-state index contributed by atoms with van der Waals surface area (Å²) in [6.45, 7) is -1.47. The van der Waals surface area contributed by atoms with Crippen molar-refractivity contribution in [3.05, 3.63) is 81.5 Å². The zero-order chi connectivity index (χ0) is 26.2. The van der Waals surface area contributed by atoms with Gasteiger partial charge in [-0.25, -0.2) is 23.5 Å². The van der Waals surface area contributed by atoms with E-state index in [1.165, 1.54) is 36.7 Å². The van der Waals surface area contributed by atoms with Crippen LogP contribution in [-0.4, -0.2) is 51.7 Å². The van der Waals surface area contributed by atoms with E-state index in [-0.39, 0.29) is 35.0 Å². The summed E-state index contributed by atoms with van der Waals surface area (Å²) < 4.78 is 55.1. The number of carbonyl (C=O) groups is 1. The fraction of sp³-hybridized carbons (Fsp3) is 0.190. The van der Waals surface area contributed by atoms with E-state index in [9.17, 15) is 32.3 Å². The van der Waals surface area contributed by atoms with Gasteiger partial charge in [0.15, 0.2) is 17.8 Å². The highest BCUT2D eigenvalue weighted by Crippen LogP contribution is 2.24. The van der Waals surface area contributed by atoms with E-state index < -0.39 is 35.6 Å². The van der Waals surface area contributed by atoms with Crippen molar-refractivity contribution in [2.75, 3.05) is 0 Å². The molecule has 0 fully saturated rings. The van der Waals surface area contributed by atoms with Crippen LogP contribution in [-0.2, 0) is 13.1 Å². The molecule has 2 heterocycles. The predicted molar refractivity (Wildman–Crippen MR) is 120 cm³/mol. The molecule has 2 aromatic heterocycles. The highest BCUT2D eigenvalue weighted by atomic mass is 35.5. The molecule has 0 aliphatic heterocycles. The summed E-state index contributed by atoms with van der Waals surface area (Å²) in [5, 5.41) is 17.2. The van der Waals surface area contributed by atoms with Gasteiger partial charge in [0, 0.05) is 10.6 Å². The molecular formula is C21H14Cl2F4N6O3. The SMILES string of the molecule is O=C(Cl)c1cc(F)ccc1-n1cnc(Cn2nc(-c3ccc(Cl)cc3)n(C[C@H](O)C(F)(F)F)c2=O)n1. The lowest BCUT2D eigenvalue weighted by Gasteiger charge is -2.15. The van der Waals surface area contributed by atoms with Crippen LogP contribution in [0.2, 0.25) is 5.02 Å². The molecule has 15 heteroatoms. The van der Waals surface area contributed by atoms with Gasteiger partial charge in [0.1, 0.15) is 18.7 Å². The second-order valence-electron chi connectivity index (χ2n) is 7.48. The third-order valence-corrected chi connectivity index (χ3v) is 5.46. The molecule has 0 saturated heterocycles. The van der Waals surface area contributed by atoms with Crippen molar-refractivity contribution in [1.29, 1.82) is 0 Å². The molecule has 0 aliphatic rings. The molecule has 1 atom stereocenters. The van der Waals surface area contributed by atoms with Crippen molar-refractivity contribution in [1.82, 2.24) is 29.1 Å². The summed E-state index contributed by atoms with van der Waals surface area (Å²) in [5.74, 6) is -0.845. The number of benzene rings is 2. The summed E-state index contributed by atoms with van der Waals surface area (Å²) in [4.78, 5) is 28.6. The van der Waals surface area contributed by atoms with Crippen molar-refractivity contribution >= 4 is 28.4 Å². The average Bonchev–Trinajstić information content (AvgIpc) is 3.39. The topological polar surface area (TPSA) is 108 Å². The number of alkyl halides is 3. The van der Waals surface area contributed by atoms with Crippen molar-refractivity contribution in [3.63, 3.8) is 0 Å². The molecular weight excluding hydrogens is 531 g/mol. The first kappa shape index (κ1) is 25.5. The predicted octanol–water partition coefficient (Wildman–Crippen LogP) is 3.44. The van der Waals surface area contributed by atoms with E-state index in [2.05, 4.69) is 15.2 Å². The Labute approximate surface area is 209 Å². The lowest BCUT2D eigenvalue weighted by atomic mass is 10.2. The van der Waals surface area contributed by atoms with E-state index in [1.807, 2.05) is 0 Å². The summed E-state index contributed by atoms with van der Waals surface area (Å²) in [6, 6.07) is 9.09. The number of nitrogens with zero attached hydrogens (tertiary/aromatic N) is 6. The Morgan fingerprint density at radius 2 is 1.81 bits per heavy atom. The Morgan fingerprint density at radius 3 is 2.44 bits per heavy atom. The maximum atomic E-state index is 13.5. The first-order valence-corrected chi connectivity index (χ1v) is 10.8. The van der Waals surface area contributed by atoms with Gasteiger partial charge in [-0.2, -0.15) is 13.2 Å². The molecule has 4 aromatic rings. The first-order chi connectivity index (χ1) is 16.9. The zero-order valence-corrected chi connectivity index (χ0v) is 19.3. The third kappa shape index (κ3) is 5.32. The Morgan fingerprint density at radius 1 is 1.11 bits per heavy atom. The Hall–Kier alpha value is -3.55. The van der Waals surface area contributed by atoms with Crippen LogP contribution in [0.1, 0.15) is 16.2 Å². The zero-order valence-electron chi connectivity index (χ0n) is 17.8. The van der Waals surface area contributed by atoms with Crippen LogP contribution in [0.3, 0.4) is 0 Å². The summed E-state index contributed by atoms with van der Waals surface area (Å²) >= 11 is 11.4. The van der Waals surface area contributed by atoms with E-state index in [1.54, 1.807) is 0 Å². The second-order valence-corrected chi connectivity index (χ2v) is 8.26. The minimum absolute atomic E-state index is 0.00178. The van der Waals surface area contributed by atoms with Crippen LogP contribution in [0, 0.1) is 5.82 Å². The second kappa shape index (κ2) is 9.84. The molecule has 2 aromatic carbocycles. The number of aliphatic hydroxyl groups excluding tert-OH is 1. The molecule has 4 rings (SSSR count). The minimum Gasteiger partial charge on any atom is -0.382 e. The van der Waals surface area contributed by atoms with E-state index in [0.29, 0.717) is 9.59 Å². The van der Waals surface area contributed by atoms with Gasteiger partial charge in [-0.1, -0.05) is 11.6 Å². The van der Waals surface area contributed by atoms with Gasteiger partial charge in [0.05, 0.1) is 17.8 Å². The maximum absolute atomic E-state index is 13.5. The number of hydrogen-bond acceptors (Lipinski definition) is 6. The molecule has 9 nitrogen and oxygen atoms in total. The van der Waals surface area contributed by atoms with E-state index >= 15 is 0 Å². The minimum atomic E-state index is -4.97. The molecule has 0 bridgehead atoms. The van der Waals surface area contributed by atoms with E-state index in [4.69, 9.17) is 23.2 Å². The number of aliphatic hydroxyl groups is 1. The normalized spacial score (nSPS) is 12.6. The monoisotopic (exact) mass is 544 g/mol. The van der Waals surface area contributed by atoms with Gasteiger partial charge < -0.3 is 5.11 Å². The fourth-order valence-corrected chi connectivity index (χ4v) is 3.56.